The number of nitrogens with one attached hydrogen (secondary N) is 2. The molecule has 1 saturated heterocycles. The number of hydrogen-bond donors (Lipinski definition) is 2. The summed E-state index contributed by atoms with van der Waals surface area (Å²) in [7, 11) is 0. The van der Waals surface area contributed by atoms with Crippen molar-refractivity contribution in [1.82, 2.24) is 15.5 Å². The third-order valence-corrected chi connectivity index (χ3v) is 5.14. The van der Waals surface area contributed by atoms with Crippen molar-refractivity contribution in [3.05, 3.63) is 35.4 Å². The summed E-state index contributed by atoms with van der Waals surface area (Å²) in [6, 6.07) is 8.81. The van der Waals surface area contributed by atoms with Gasteiger partial charge in [0.2, 0.25) is 0 Å². The van der Waals surface area contributed by atoms with E-state index in [1.165, 1.54) is 11.1 Å². The lowest BCUT2D eigenvalue weighted by Gasteiger charge is -2.26. The predicted octanol–water partition coefficient (Wildman–Crippen LogP) is 3.03. The summed E-state index contributed by atoms with van der Waals surface area (Å²) in [4.78, 5) is 7.18. The molecule has 0 bridgehead atoms. The Morgan fingerprint density at radius 2 is 1.79 bits per heavy atom. The molecular weight excluding hydrogens is 364 g/mol. The van der Waals surface area contributed by atoms with Crippen LogP contribution >= 0.6 is 0 Å². The molecule has 0 amide bonds. The van der Waals surface area contributed by atoms with Gasteiger partial charge >= 0.3 is 0 Å². The van der Waals surface area contributed by atoms with Gasteiger partial charge in [-0.25, -0.2) is 4.99 Å². The van der Waals surface area contributed by atoms with Crippen LogP contribution in [-0.2, 0) is 22.6 Å². The minimum atomic E-state index is 0.286. The van der Waals surface area contributed by atoms with Crippen molar-refractivity contribution in [2.45, 2.75) is 53.3 Å². The van der Waals surface area contributed by atoms with Gasteiger partial charge in [0.25, 0.3) is 0 Å². The molecule has 0 aromatic heterocycles. The smallest absolute Gasteiger partial charge is 0.191 e. The van der Waals surface area contributed by atoms with Crippen molar-refractivity contribution < 1.29 is 9.47 Å². The molecular formula is C23H40N4O2. The average Bonchev–Trinajstić information content (AvgIpc) is 2.73. The van der Waals surface area contributed by atoms with Gasteiger partial charge in [0, 0.05) is 39.3 Å². The largest absolute Gasteiger partial charge is 0.379 e. The van der Waals surface area contributed by atoms with Gasteiger partial charge < -0.3 is 20.1 Å². The van der Waals surface area contributed by atoms with Crippen LogP contribution in [0.1, 0.15) is 45.2 Å². The zero-order valence-corrected chi connectivity index (χ0v) is 18.7. The van der Waals surface area contributed by atoms with Crippen molar-refractivity contribution in [2.75, 3.05) is 46.0 Å². The summed E-state index contributed by atoms with van der Waals surface area (Å²) >= 11 is 0. The highest BCUT2D eigenvalue weighted by atomic mass is 16.5. The van der Waals surface area contributed by atoms with E-state index in [9.17, 15) is 0 Å². The number of rotatable bonds is 11. The van der Waals surface area contributed by atoms with E-state index in [4.69, 9.17) is 14.5 Å². The van der Waals surface area contributed by atoms with E-state index >= 15 is 0 Å². The summed E-state index contributed by atoms with van der Waals surface area (Å²) in [5.74, 6) is 1.39. The zero-order chi connectivity index (χ0) is 20.9. The second-order valence-electron chi connectivity index (χ2n) is 7.85. The van der Waals surface area contributed by atoms with Crippen molar-refractivity contribution in [1.29, 1.82) is 0 Å². The molecule has 2 rings (SSSR count). The number of guanidine groups is 1. The van der Waals surface area contributed by atoms with Gasteiger partial charge in [-0.15, -0.1) is 0 Å². The number of ether oxygens (including phenoxy) is 2. The van der Waals surface area contributed by atoms with Gasteiger partial charge in [0.15, 0.2) is 5.96 Å². The normalized spacial score (nSPS) is 16.8. The van der Waals surface area contributed by atoms with Gasteiger partial charge in [-0.1, -0.05) is 38.1 Å². The second-order valence-corrected chi connectivity index (χ2v) is 7.85. The average molecular weight is 405 g/mol. The maximum atomic E-state index is 5.83. The SMILES string of the molecule is CCNC(=NCc1ccc(CN2CCOCC2)cc1)NCCC(OCC)C(C)C. The van der Waals surface area contributed by atoms with Gasteiger partial charge in [0.05, 0.1) is 25.9 Å². The number of benzene rings is 1. The Labute approximate surface area is 177 Å². The third-order valence-electron chi connectivity index (χ3n) is 5.14. The van der Waals surface area contributed by atoms with Crippen LogP contribution in [0.25, 0.3) is 0 Å². The molecule has 1 aliphatic rings. The number of hydrogen-bond acceptors (Lipinski definition) is 4. The first-order chi connectivity index (χ1) is 14.1. The molecule has 0 aliphatic carbocycles. The molecule has 1 fully saturated rings. The van der Waals surface area contributed by atoms with Crippen LogP contribution in [0.5, 0.6) is 0 Å². The highest BCUT2D eigenvalue weighted by Crippen LogP contribution is 2.11. The number of nitrogens with zero attached hydrogens (tertiary/aromatic N) is 2. The lowest BCUT2D eigenvalue weighted by atomic mass is 10.0. The lowest BCUT2D eigenvalue weighted by molar-refractivity contribution is 0.0258. The monoisotopic (exact) mass is 404 g/mol. The fourth-order valence-corrected chi connectivity index (χ4v) is 3.44. The molecule has 6 heteroatoms. The van der Waals surface area contributed by atoms with Crippen LogP contribution in [0, 0.1) is 5.92 Å². The first-order valence-electron chi connectivity index (χ1n) is 11.1. The first-order valence-corrected chi connectivity index (χ1v) is 11.1. The minimum absolute atomic E-state index is 0.286. The Morgan fingerprint density at radius 3 is 2.41 bits per heavy atom. The highest BCUT2D eigenvalue weighted by molar-refractivity contribution is 5.79. The molecule has 1 aromatic rings. The molecule has 1 heterocycles. The van der Waals surface area contributed by atoms with E-state index in [0.29, 0.717) is 12.5 Å². The van der Waals surface area contributed by atoms with Crippen LogP contribution in [0.2, 0.25) is 0 Å². The fourth-order valence-electron chi connectivity index (χ4n) is 3.44. The third kappa shape index (κ3) is 9.15. The molecule has 2 N–H and O–H groups in total. The molecule has 1 unspecified atom stereocenters. The zero-order valence-electron chi connectivity index (χ0n) is 18.7. The molecule has 1 aromatic carbocycles. The second kappa shape index (κ2) is 13.6. The van der Waals surface area contributed by atoms with Gasteiger partial charge in [-0.3, -0.25) is 4.90 Å². The van der Waals surface area contributed by atoms with E-state index in [1.54, 1.807) is 0 Å². The lowest BCUT2D eigenvalue weighted by Crippen LogP contribution is -2.39. The Kier molecular flexibility index (Phi) is 11.1. The standard InChI is InChI=1S/C23H40N4O2/c1-5-24-23(25-12-11-22(19(3)4)29-6-2)26-17-20-7-9-21(10-8-20)18-27-13-15-28-16-14-27/h7-10,19,22H,5-6,11-18H2,1-4H3,(H2,24,25,26). The maximum Gasteiger partial charge on any atom is 0.191 e. The molecule has 1 atom stereocenters. The summed E-state index contributed by atoms with van der Waals surface area (Å²) in [6.07, 6.45) is 1.26. The molecule has 0 saturated carbocycles. The molecule has 0 radical (unpaired) electrons. The summed E-state index contributed by atoms with van der Waals surface area (Å²) < 4.78 is 11.2. The predicted molar refractivity (Wildman–Crippen MR) is 120 cm³/mol. The topological polar surface area (TPSA) is 58.1 Å². The van der Waals surface area contributed by atoms with Gasteiger partial charge in [-0.2, -0.15) is 0 Å². The quantitative estimate of drug-likeness (QED) is 0.439. The first kappa shape index (κ1) is 23.6. The number of aliphatic imine (C=N–C) groups is 1. The molecule has 29 heavy (non-hydrogen) atoms. The summed E-state index contributed by atoms with van der Waals surface area (Å²) in [5, 5.41) is 6.77. The molecule has 1 aliphatic heterocycles. The van der Waals surface area contributed by atoms with Crippen molar-refractivity contribution >= 4 is 5.96 Å². The van der Waals surface area contributed by atoms with E-state index in [0.717, 1.165) is 64.9 Å². The fraction of sp³-hybridized carbons (Fsp3) is 0.696. The van der Waals surface area contributed by atoms with Crippen molar-refractivity contribution in [3.63, 3.8) is 0 Å². The van der Waals surface area contributed by atoms with E-state index < -0.39 is 0 Å². The van der Waals surface area contributed by atoms with Crippen LogP contribution < -0.4 is 10.6 Å². The van der Waals surface area contributed by atoms with Gasteiger partial charge in [-0.05, 0) is 37.3 Å². The highest BCUT2D eigenvalue weighted by Gasteiger charge is 2.13. The summed E-state index contributed by atoms with van der Waals surface area (Å²) in [6.45, 7) is 16.4. The molecule has 6 nitrogen and oxygen atoms in total. The van der Waals surface area contributed by atoms with Crippen LogP contribution in [0.3, 0.4) is 0 Å². The Bertz CT molecular complexity index is 583. The van der Waals surface area contributed by atoms with E-state index in [1.807, 2.05) is 0 Å². The molecule has 0 spiro atoms. The van der Waals surface area contributed by atoms with Gasteiger partial charge in [0.1, 0.15) is 0 Å². The van der Waals surface area contributed by atoms with Crippen molar-refractivity contribution in [3.8, 4) is 0 Å². The van der Waals surface area contributed by atoms with Crippen molar-refractivity contribution in [2.24, 2.45) is 10.9 Å². The number of morpholine rings is 1. The molecule has 164 valence electrons. The van der Waals surface area contributed by atoms with E-state index in [2.05, 4.69) is 67.5 Å². The van der Waals surface area contributed by atoms with Crippen LogP contribution in [0.4, 0.5) is 0 Å². The van der Waals surface area contributed by atoms with Crippen LogP contribution in [-0.4, -0.2) is 63.0 Å². The Morgan fingerprint density at radius 1 is 1.10 bits per heavy atom. The Hall–Kier alpha value is -1.63. The van der Waals surface area contributed by atoms with Crippen LogP contribution in [0.15, 0.2) is 29.3 Å². The maximum absolute atomic E-state index is 5.83. The Balaban J connectivity index is 1.82. The minimum Gasteiger partial charge on any atom is -0.379 e. The summed E-state index contributed by atoms with van der Waals surface area (Å²) in [5.41, 5.74) is 2.57. The van der Waals surface area contributed by atoms with E-state index in [-0.39, 0.29) is 6.10 Å².